The molecule has 1 aliphatic carbocycles. The van der Waals surface area contributed by atoms with Crippen LogP contribution in [0.15, 0.2) is 22.7 Å². The second kappa shape index (κ2) is 6.25. The Balaban J connectivity index is 2.01. The van der Waals surface area contributed by atoms with Crippen molar-refractivity contribution in [2.24, 2.45) is 5.41 Å². The minimum atomic E-state index is -0.136. The number of aliphatic hydroxyl groups is 1. The Labute approximate surface area is 126 Å². The normalized spacial score (nSPS) is 17.4. The molecule has 1 fully saturated rings. The summed E-state index contributed by atoms with van der Waals surface area (Å²) >= 11 is 9.19. The van der Waals surface area contributed by atoms with Crippen LogP contribution < -0.4 is 5.32 Å². The molecule has 0 unspecified atom stereocenters. The van der Waals surface area contributed by atoms with Crippen molar-refractivity contribution in [3.8, 4) is 0 Å². The Morgan fingerprint density at radius 1 is 1.42 bits per heavy atom. The fourth-order valence-corrected chi connectivity index (χ4v) is 3.42. The van der Waals surface area contributed by atoms with Gasteiger partial charge in [0, 0.05) is 21.5 Å². The highest BCUT2D eigenvalue weighted by atomic mass is 79.9. The first-order valence-corrected chi connectivity index (χ1v) is 7.58. The van der Waals surface area contributed by atoms with Gasteiger partial charge in [-0.15, -0.1) is 0 Å². The maximum absolute atomic E-state index is 12.1. The minimum Gasteiger partial charge on any atom is -0.396 e. The third-order valence-electron chi connectivity index (χ3n) is 3.80. The highest BCUT2D eigenvalue weighted by Crippen LogP contribution is 2.37. The van der Waals surface area contributed by atoms with Crippen LogP contribution >= 0.6 is 27.5 Å². The van der Waals surface area contributed by atoms with Crippen molar-refractivity contribution >= 4 is 33.4 Å². The Bertz CT molecular complexity index is 473. The summed E-state index contributed by atoms with van der Waals surface area (Å²) < 4.78 is 0.682. The van der Waals surface area contributed by atoms with E-state index in [9.17, 15) is 9.90 Å². The first-order valence-electron chi connectivity index (χ1n) is 6.40. The summed E-state index contributed by atoms with van der Waals surface area (Å²) in [6.07, 6.45) is 4.21. The summed E-state index contributed by atoms with van der Waals surface area (Å²) in [5, 5.41) is 13.0. The van der Waals surface area contributed by atoms with Gasteiger partial charge in [-0.2, -0.15) is 0 Å². The summed E-state index contributed by atoms with van der Waals surface area (Å²) in [5.74, 6) is -0.136. The lowest BCUT2D eigenvalue weighted by Gasteiger charge is -2.26. The van der Waals surface area contributed by atoms with E-state index in [2.05, 4.69) is 21.2 Å². The van der Waals surface area contributed by atoms with Gasteiger partial charge in [-0.05, 0) is 47.0 Å². The SMILES string of the molecule is O=C(NCC1(CO)CCCC1)c1ccc(Cl)cc1Br. The van der Waals surface area contributed by atoms with Crippen LogP contribution in [0.3, 0.4) is 0 Å². The molecule has 3 nitrogen and oxygen atoms in total. The van der Waals surface area contributed by atoms with Gasteiger partial charge in [0.1, 0.15) is 0 Å². The lowest BCUT2D eigenvalue weighted by atomic mass is 9.87. The summed E-state index contributed by atoms with van der Waals surface area (Å²) in [6.45, 7) is 0.659. The maximum atomic E-state index is 12.1. The standard InChI is InChI=1S/C14H17BrClNO2/c15-12-7-10(16)3-4-11(12)13(19)17-8-14(9-18)5-1-2-6-14/h3-4,7,18H,1-2,5-6,8-9H2,(H,17,19). The van der Waals surface area contributed by atoms with Gasteiger partial charge >= 0.3 is 0 Å². The minimum absolute atomic E-state index is 0.130. The van der Waals surface area contributed by atoms with Crippen molar-refractivity contribution < 1.29 is 9.90 Å². The molecule has 0 saturated heterocycles. The average molecular weight is 347 g/mol. The average Bonchev–Trinajstić information content (AvgIpc) is 2.85. The van der Waals surface area contributed by atoms with Gasteiger partial charge < -0.3 is 10.4 Å². The molecule has 1 aliphatic rings. The van der Waals surface area contributed by atoms with Crippen molar-refractivity contribution in [3.05, 3.63) is 33.3 Å². The fraction of sp³-hybridized carbons (Fsp3) is 0.500. The van der Waals surface area contributed by atoms with Gasteiger partial charge in [0.05, 0.1) is 12.2 Å². The van der Waals surface area contributed by atoms with E-state index < -0.39 is 0 Å². The van der Waals surface area contributed by atoms with Crippen molar-refractivity contribution in [2.75, 3.05) is 13.2 Å². The number of rotatable bonds is 4. The second-order valence-corrected chi connectivity index (χ2v) is 6.46. The Morgan fingerprint density at radius 2 is 2.11 bits per heavy atom. The molecule has 1 amide bonds. The van der Waals surface area contributed by atoms with Crippen LogP contribution in [0.2, 0.25) is 5.02 Å². The number of nitrogens with one attached hydrogen (secondary N) is 1. The zero-order chi connectivity index (χ0) is 13.9. The summed E-state index contributed by atoms with van der Waals surface area (Å²) in [5.41, 5.74) is 0.435. The van der Waals surface area contributed by atoms with E-state index in [1.54, 1.807) is 18.2 Å². The summed E-state index contributed by atoms with van der Waals surface area (Å²) in [6, 6.07) is 5.09. The molecule has 104 valence electrons. The van der Waals surface area contributed by atoms with Crippen LogP contribution in [0.25, 0.3) is 0 Å². The third kappa shape index (κ3) is 3.50. The lowest BCUT2D eigenvalue weighted by molar-refractivity contribution is 0.0880. The van der Waals surface area contributed by atoms with Gasteiger partial charge in [-0.25, -0.2) is 0 Å². The van der Waals surface area contributed by atoms with E-state index in [-0.39, 0.29) is 17.9 Å². The van der Waals surface area contributed by atoms with Crippen molar-refractivity contribution in [1.29, 1.82) is 0 Å². The second-order valence-electron chi connectivity index (χ2n) is 5.17. The van der Waals surface area contributed by atoms with Crippen LogP contribution in [0, 0.1) is 5.41 Å². The van der Waals surface area contributed by atoms with Gasteiger partial charge in [0.15, 0.2) is 0 Å². The Kier molecular flexibility index (Phi) is 4.87. The third-order valence-corrected chi connectivity index (χ3v) is 4.69. The topological polar surface area (TPSA) is 49.3 Å². The van der Waals surface area contributed by atoms with Crippen LogP contribution in [-0.4, -0.2) is 24.2 Å². The van der Waals surface area contributed by atoms with E-state index in [0.29, 0.717) is 21.6 Å². The largest absolute Gasteiger partial charge is 0.396 e. The van der Waals surface area contributed by atoms with Gasteiger partial charge in [0.2, 0.25) is 0 Å². The van der Waals surface area contributed by atoms with Crippen LogP contribution in [-0.2, 0) is 0 Å². The number of amides is 1. The number of aliphatic hydroxyl groups excluding tert-OH is 1. The van der Waals surface area contributed by atoms with Crippen LogP contribution in [0.5, 0.6) is 0 Å². The smallest absolute Gasteiger partial charge is 0.252 e. The molecule has 2 N–H and O–H groups in total. The van der Waals surface area contributed by atoms with E-state index in [1.807, 2.05) is 0 Å². The van der Waals surface area contributed by atoms with Crippen molar-refractivity contribution in [1.82, 2.24) is 5.32 Å². The first-order chi connectivity index (χ1) is 9.06. The number of carbonyl (C=O) groups excluding carboxylic acids is 1. The van der Waals surface area contributed by atoms with Crippen molar-refractivity contribution in [2.45, 2.75) is 25.7 Å². The zero-order valence-corrected chi connectivity index (χ0v) is 12.9. The van der Waals surface area contributed by atoms with E-state index >= 15 is 0 Å². The fourth-order valence-electron chi connectivity index (χ4n) is 2.55. The number of halogens is 2. The molecule has 1 saturated carbocycles. The zero-order valence-electron chi connectivity index (χ0n) is 10.6. The quantitative estimate of drug-likeness (QED) is 0.878. The number of hydrogen-bond donors (Lipinski definition) is 2. The predicted molar refractivity (Wildman–Crippen MR) is 79.5 cm³/mol. The van der Waals surface area contributed by atoms with Crippen LogP contribution in [0.1, 0.15) is 36.0 Å². The van der Waals surface area contributed by atoms with E-state index in [0.717, 1.165) is 25.7 Å². The number of benzene rings is 1. The Morgan fingerprint density at radius 3 is 2.68 bits per heavy atom. The van der Waals surface area contributed by atoms with Crippen molar-refractivity contribution in [3.63, 3.8) is 0 Å². The molecule has 0 heterocycles. The predicted octanol–water partition coefficient (Wildman–Crippen LogP) is 3.39. The summed E-state index contributed by atoms with van der Waals surface area (Å²) in [4.78, 5) is 12.1. The maximum Gasteiger partial charge on any atom is 0.252 e. The van der Waals surface area contributed by atoms with E-state index in [1.165, 1.54) is 0 Å². The number of carbonyl (C=O) groups is 1. The Hall–Kier alpha value is -0.580. The molecule has 1 aromatic rings. The molecular weight excluding hydrogens is 330 g/mol. The lowest BCUT2D eigenvalue weighted by Crippen LogP contribution is -2.38. The van der Waals surface area contributed by atoms with Gasteiger partial charge in [-0.3, -0.25) is 4.79 Å². The molecule has 0 spiro atoms. The van der Waals surface area contributed by atoms with Gasteiger partial charge in [0.25, 0.3) is 5.91 Å². The monoisotopic (exact) mass is 345 g/mol. The molecule has 1 aromatic carbocycles. The highest BCUT2D eigenvalue weighted by molar-refractivity contribution is 9.10. The highest BCUT2D eigenvalue weighted by Gasteiger charge is 2.33. The van der Waals surface area contributed by atoms with Crippen LogP contribution in [0.4, 0.5) is 0 Å². The number of hydrogen-bond acceptors (Lipinski definition) is 2. The molecular formula is C14H17BrClNO2. The van der Waals surface area contributed by atoms with E-state index in [4.69, 9.17) is 11.6 Å². The molecule has 0 aliphatic heterocycles. The molecule has 0 radical (unpaired) electrons. The molecule has 5 heteroatoms. The molecule has 0 atom stereocenters. The molecule has 19 heavy (non-hydrogen) atoms. The summed E-state index contributed by atoms with van der Waals surface area (Å²) in [7, 11) is 0. The van der Waals surface area contributed by atoms with Gasteiger partial charge in [-0.1, -0.05) is 24.4 Å². The molecule has 0 bridgehead atoms. The first kappa shape index (κ1) is 14.8. The molecule has 0 aromatic heterocycles. The molecule has 2 rings (SSSR count).